The summed E-state index contributed by atoms with van der Waals surface area (Å²) in [6, 6.07) is 0. The van der Waals surface area contributed by atoms with Gasteiger partial charge in [-0.05, 0) is 0 Å². The van der Waals surface area contributed by atoms with Crippen LogP contribution in [0.3, 0.4) is 0 Å². The highest BCUT2D eigenvalue weighted by atomic mass is 16.6. The maximum Gasteiger partial charge on any atom is 0.335 e. The molecule has 64 valence electrons. The Balaban J connectivity index is 2.54. The number of cyclic esters (lactones) is 1. The average Bonchev–Trinajstić information content (AvgIpc) is 1.97. The molecule has 0 aromatic carbocycles. The van der Waals surface area contributed by atoms with Crippen molar-refractivity contribution in [3.8, 4) is 0 Å². The number of aliphatic hydroxyl groups excluding tert-OH is 3. The molecule has 1 fully saturated rings. The van der Waals surface area contributed by atoms with E-state index in [-0.39, 0.29) is 6.42 Å². The van der Waals surface area contributed by atoms with Gasteiger partial charge in [0.05, 0.1) is 12.7 Å². The fourth-order valence-corrected chi connectivity index (χ4v) is 0.942. The Morgan fingerprint density at radius 2 is 2.18 bits per heavy atom. The second-order valence-corrected chi connectivity index (χ2v) is 2.48. The van der Waals surface area contributed by atoms with Gasteiger partial charge < -0.3 is 20.1 Å². The lowest BCUT2D eigenvalue weighted by Gasteiger charge is -2.28. The molecule has 1 heterocycles. The molecule has 1 saturated heterocycles. The van der Waals surface area contributed by atoms with Gasteiger partial charge in [0.25, 0.3) is 0 Å². The van der Waals surface area contributed by atoms with Crippen molar-refractivity contribution in [3.05, 3.63) is 0 Å². The second-order valence-electron chi connectivity index (χ2n) is 2.48. The fourth-order valence-electron chi connectivity index (χ4n) is 0.942. The van der Waals surface area contributed by atoms with Gasteiger partial charge in [-0.1, -0.05) is 0 Å². The molecule has 3 atom stereocenters. The molecular formula is C6H10O5. The number of ether oxygens (including phenoxy) is 1. The lowest BCUT2D eigenvalue weighted by atomic mass is 10.0. The van der Waals surface area contributed by atoms with Crippen LogP contribution in [0.15, 0.2) is 0 Å². The molecule has 5 heteroatoms. The molecule has 1 aliphatic heterocycles. The van der Waals surface area contributed by atoms with Crippen LogP contribution in [0.1, 0.15) is 6.42 Å². The van der Waals surface area contributed by atoms with Crippen molar-refractivity contribution in [1.29, 1.82) is 0 Å². The maximum absolute atomic E-state index is 10.6. The summed E-state index contributed by atoms with van der Waals surface area (Å²) in [6.07, 6.45) is -3.17. The molecule has 0 aromatic heterocycles. The quantitative estimate of drug-likeness (QED) is 0.389. The molecule has 0 bridgehead atoms. The van der Waals surface area contributed by atoms with E-state index in [0.29, 0.717) is 0 Å². The first kappa shape index (κ1) is 8.45. The predicted octanol–water partition coefficient (Wildman–Crippen LogP) is -1.98. The molecule has 1 rings (SSSR count). The summed E-state index contributed by atoms with van der Waals surface area (Å²) in [5.74, 6) is -0.783. The van der Waals surface area contributed by atoms with E-state index in [1.54, 1.807) is 0 Å². The van der Waals surface area contributed by atoms with Crippen LogP contribution in [0.5, 0.6) is 0 Å². The zero-order valence-corrected chi connectivity index (χ0v) is 5.80. The summed E-state index contributed by atoms with van der Waals surface area (Å²) in [6.45, 7) is -0.417. The van der Waals surface area contributed by atoms with Crippen LogP contribution < -0.4 is 0 Å². The maximum atomic E-state index is 10.6. The van der Waals surface area contributed by atoms with Crippen molar-refractivity contribution in [2.24, 2.45) is 0 Å². The van der Waals surface area contributed by atoms with Crippen LogP contribution in [-0.2, 0) is 9.53 Å². The number of hydrogen-bond acceptors (Lipinski definition) is 5. The molecule has 0 aliphatic carbocycles. The summed E-state index contributed by atoms with van der Waals surface area (Å²) >= 11 is 0. The van der Waals surface area contributed by atoms with Crippen molar-refractivity contribution in [1.82, 2.24) is 0 Å². The van der Waals surface area contributed by atoms with Crippen molar-refractivity contribution in [3.63, 3.8) is 0 Å². The zero-order chi connectivity index (χ0) is 8.43. The third kappa shape index (κ3) is 1.68. The Morgan fingerprint density at radius 1 is 1.55 bits per heavy atom. The Kier molecular flexibility index (Phi) is 2.43. The van der Waals surface area contributed by atoms with Crippen molar-refractivity contribution >= 4 is 5.97 Å². The molecular weight excluding hydrogens is 152 g/mol. The van der Waals surface area contributed by atoms with Crippen LogP contribution in [0.25, 0.3) is 0 Å². The van der Waals surface area contributed by atoms with E-state index < -0.39 is 30.9 Å². The Hall–Kier alpha value is -0.650. The highest BCUT2D eigenvalue weighted by molar-refractivity contribution is 5.75. The largest absolute Gasteiger partial charge is 0.455 e. The summed E-state index contributed by atoms with van der Waals surface area (Å²) in [4.78, 5) is 10.6. The van der Waals surface area contributed by atoms with Crippen molar-refractivity contribution < 1.29 is 24.9 Å². The van der Waals surface area contributed by atoms with Crippen LogP contribution in [0.4, 0.5) is 0 Å². The number of carbonyl (C=O) groups is 1. The lowest BCUT2D eigenvalue weighted by molar-refractivity contribution is -0.183. The van der Waals surface area contributed by atoms with E-state index in [1.165, 1.54) is 0 Å². The van der Waals surface area contributed by atoms with Crippen molar-refractivity contribution in [2.75, 3.05) is 6.61 Å². The summed E-state index contributed by atoms with van der Waals surface area (Å²) < 4.78 is 4.47. The third-order valence-corrected chi connectivity index (χ3v) is 1.61. The zero-order valence-electron chi connectivity index (χ0n) is 5.80. The molecule has 3 N–H and O–H groups in total. The molecule has 1 aliphatic rings. The normalized spacial score (nSPS) is 38.5. The molecule has 11 heavy (non-hydrogen) atoms. The van der Waals surface area contributed by atoms with Gasteiger partial charge in [-0.3, -0.25) is 0 Å². The van der Waals surface area contributed by atoms with Gasteiger partial charge in [0.2, 0.25) is 0 Å². The van der Waals surface area contributed by atoms with Crippen LogP contribution in [0, 0.1) is 0 Å². The molecule has 0 amide bonds. The van der Waals surface area contributed by atoms with Gasteiger partial charge in [-0.25, -0.2) is 4.79 Å². The highest BCUT2D eigenvalue weighted by Gasteiger charge is 2.34. The standard InChI is InChI=1S/C6H10O5/c7-2-5-3(8)1-4(9)6(10)11-5/h3-5,7-9H,1-2H2. The van der Waals surface area contributed by atoms with Gasteiger partial charge in [0, 0.05) is 6.42 Å². The van der Waals surface area contributed by atoms with Gasteiger partial charge >= 0.3 is 5.97 Å². The average molecular weight is 162 g/mol. The molecule has 5 nitrogen and oxygen atoms in total. The summed E-state index contributed by atoms with van der Waals surface area (Å²) in [5, 5.41) is 26.5. The lowest BCUT2D eigenvalue weighted by Crippen LogP contribution is -2.46. The molecule has 0 saturated carbocycles. The van der Waals surface area contributed by atoms with E-state index >= 15 is 0 Å². The number of carbonyl (C=O) groups excluding carboxylic acids is 1. The second kappa shape index (κ2) is 3.17. The number of esters is 1. The first-order chi connectivity index (χ1) is 5.15. The Morgan fingerprint density at radius 3 is 2.73 bits per heavy atom. The number of rotatable bonds is 1. The minimum atomic E-state index is -1.26. The highest BCUT2D eigenvalue weighted by Crippen LogP contribution is 2.14. The molecule has 3 unspecified atom stereocenters. The topological polar surface area (TPSA) is 87.0 Å². The molecule has 0 spiro atoms. The van der Waals surface area contributed by atoms with E-state index in [4.69, 9.17) is 15.3 Å². The number of hydrogen-bond donors (Lipinski definition) is 3. The Bertz CT molecular complexity index is 157. The number of aliphatic hydroxyl groups is 3. The minimum Gasteiger partial charge on any atom is -0.455 e. The van der Waals surface area contributed by atoms with E-state index in [0.717, 1.165) is 0 Å². The van der Waals surface area contributed by atoms with Crippen LogP contribution in [0.2, 0.25) is 0 Å². The molecule has 0 aromatic rings. The first-order valence-electron chi connectivity index (χ1n) is 3.32. The minimum absolute atomic E-state index is 0.0654. The first-order valence-corrected chi connectivity index (χ1v) is 3.32. The van der Waals surface area contributed by atoms with Gasteiger partial charge in [0.15, 0.2) is 12.2 Å². The van der Waals surface area contributed by atoms with Gasteiger partial charge in [-0.15, -0.1) is 0 Å². The van der Waals surface area contributed by atoms with Gasteiger partial charge in [-0.2, -0.15) is 0 Å². The third-order valence-electron chi connectivity index (χ3n) is 1.61. The monoisotopic (exact) mass is 162 g/mol. The smallest absolute Gasteiger partial charge is 0.335 e. The Labute approximate surface area is 63.2 Å². The predicted molar refractivity (Wildman–Crippen MR) is 33.6 cm³/mol. The summed E-state index contributed by atoms with van der Waals surface area (Å²) in [5.41, 5.74) is 0. The SMILES string of the molecule is O=C1OC(CO)C(O)CC1O. The van der Waals surface area contributed by atoms with E-state index in [9.17, 15) is 4.79 Å². The van der Waals surface area contributed by atoms with Crippen LogP contribution in [-0.4, -0.2) is 46.2 Å². The van der Waals surface area contributed by atoms with Crippen molar-refractivity contribution in [2.45, 2.75) is 24.7 Å². The van der Waals surface area contributed by atoms with E-state index in [1.807, 2.05) is 0 Å². The summed E-state index contributed by atoms with van der Waals surface area (Å²) in [7, 11) is 0. The fraction of sp³-hybridized carbons (Fsp3) is 0.833. The van der Waals surface area contributed by atoms with Crippen LogP contribution >= 0.6 is 0 Å². The van der Waals surface area contributed by atoms with Gasteiger partial charge in [0.1, 0.15) is 0 Å². The van der Waals surface area contributed by atoms with E-state index in [2.05, 4.69) is 4.74 Å². The molecule has 0 radical (unpaired) electrons.